The highest BCUT2D eigenvalue weighted by atomic mass is 35.5. The van der Waals surface area contributed by atoms with E-state index in [0.29, 0.717) is 12.3 Å². The van der Waals surface area contributed by atoms with Gasteiger partial charge in [-0.1, -0.05) is 30.3 Å². The van der Waals surface area contributed by atoms with Crippen molar-refractivity contribution in [1.82, 2.24) is 5.32 Å². The molecule has 0 radical (unpaired) electrons. The van der Waals surface area contributed by atoms with Gasteiger partial charge in [0.25, 0.3) is 0 Å². The highest BCUT2D eigenvalue weighted by molar-refractivity contribution is 6.18. The quantitative estimate of drug-likeness (QED) is 0.818. The monoisotopic (exact) mass is 295 g/mol. The summed E-state index contributed by atoms with van der Waals surface area (Å²) in [5.41, 5.74) is 0.511. The van der Waals surface area contributed by atoms with Crippen molar-refractivity contribution in [3.8, 4) is 0 Å². The summed E-state index contributed by atoms with van der Waals surface area (Å²) in [7, 11) is 0. The zero-order chi connectivity index (χ0) is 14.4. The Labute approximate surface area is 125 Å². The van der Waals surface area contributed by atoms with Crippen LogP contribution >= 0.6 is 11.6 Å². The number of rotatable bonds is 6. The summed E-state index contributed by atoms with van der Waals surface area (Å²) in [4.78, 5) is 12.1. The third-order valence-electron chi connectivity index (χ3n) is 3.81. The lowest BCUT2D eigenvalue weighted by molar-refractivity contribution is -0.123. The van der Waals surface area contributed by atoms with Crippen molar-refractivity contribution < 1.29 is 9.53 Å². The fraction of sp³-hybridized carbons (Fsp3) is 0.562. The summed E-state index contributed by atoms with van der Waals surface area (Å²) in [5.74, 6) is 0.385. The minimum absolute atomic E-state index is 0.0347. The lowest BCUT2D eigenvalue weighted by atomic mass is 9.93. The van der Waals surface area contributed by atoms with Crippen LogP contribution in [0.5, 0.6) is 0 Å². The molecule has 0 spiro atoms. The minimum Gasteiger partial charge on any atom is -0.378 e. The number of hydrogen-bond acceptors (Lipinski definition) is 2. The lowest BCUT2D eigenvalue weighted by Gasteiger charge is -2.29. The maximum atomic E-state index is 12.1. The molecule has 1 aliphatic heterocycles. The molecule has 1 saturated heterocycles. The molecule has 0 saturated carbocycles. The Morgan fingerprint density at radius 3 is 2.80 bits per heavy atom. The predicted molar refractivity (Wildman–Crippen MR) is 80.9 cm³/mol. The first kappa shape index (κ1) is 15.3. The third kappa shape index (κ3) is 3.97. The molecule has 4 heteroatoms. The third-order valence-corrected chi connectivity index (χ3v) is 4.35. The molecule has 2 unspecified atom stereocenters. The fourth-order valence-electron chi connectivity index (χ4n) is 2.52. The maximum Gasteiger partial charge on any atom is 0.220 e. The van der Waals surface area contributed by atoms with Gasteiger partial charge >= 0.3 is 0 Å². The molecule has 1 amide bonds. The molecule has 1 aromatic rings. The summed E-state index contributed by atoms with van der Waals surface area (Å²) >= 11 is 6.08. The van der Waals surface area contributed by atoms with Gasteiger partial charge in [-0.3, -0.25) is 4.79 Å². The van der Waals surface area contributed by atoms with Crippen molar-refractivity contribution in [2.75, 3.05) is 12.5 Å². The van der Waals surface area contributed by atoms with Crippen LogP contribution < -0.4 is 5.32 Å². The summed E-state index contributed by atoms with van der Waals surface area (Å²) in [6.45, 7) is 2.79. The molecule has 20 heavy (non-hydrogen) atoms. The van der Waals surface area contributed by atoms with E-state index < -0.39 is 5.54 Å². The Hall–Kier alpha value is -1.06. The van der Waals surface area contributed by atoms with Crippen LogP contribution in [-0.4, -0.2) is 24.5 Å². The second kappa shape index (κ2) is 7.09. The van der Waals surface area contributed by atoms with Gasteiger partial charge in [0.2, 0.25) is 5.91 Å². The van der Waals surface area contributed by atoms with Crippen molar-refractivity contribution in [3.63, 3.8) is 0 Å². The number of alkyl halides is 1. The van der Waals surface area contributed by atoms with Gasteiger partial charge in [-0.25, -0.2) is 0 Å². The Morgan fingerprint density at radius 2 is 2.20 bits per heavy atom. The van der Waals surface area contributed by atoms with E-state index in [0.717, 1.165) is 31.4 Å². The first-order valence-corrected chi connectivity index (χ1v) is 7.71. The number of amides is 1. The normalized spacial score (nSPS) is 21.4. The van der Waals surface area contributed by atoms with Crippen molar-refractivity contribution in [1.29, 1.82) is 0 Å². The van der Waals surface area contributed by atoms with E-state index in [1.807, 2.05) is 37.3 Å². The molecular weight excluding hydrogens is 274 g/mol. The number of carbonyl (C=O) groups is 1. The van der Waals surface area contributed by atoms with Gasteiger partial charge in [-0.05, 0) is 31.7 Å². The van der Waals surface area contributed by atoms with Crippen LogP contribution in [0.15, 0.2) is 30.3 Å². The highest BCUT2D eigenvalue weighted by Crippen LogP contribution is 2.23. The van der Waals surface area contributed by atoms with E-state index >= 15 is 0 Å². The van der Waals surface area contributed by atoms with Gasteiger partial charge in [0.05, 0.1) is 11.6 Å². The topological polar surface area (TPSA) is 38.3 Å². The van der Waals surface area contributed by atoms with E-state index in [2.05, 4.69) is 5.32 Å². The Kier molecular flexibility index (Phi) is 5.44. The SMILES string of the molecule is CC(CCl)(NC(=O)CCC1CCCO1)c1ccccc1. The molecule has 1 aromatic carbocycles. The molecular formula is C16H22ClNO2. The first-order chi connectivity index (χ1) is 9.64. The molecule has 0 aromatic heterocycles. The van der Waals surface area contributed by atoms with Crippen LogP contribution in [0, 0.1) is 0 Å². The van der Waals surface area contributed by atoms with Crippen LogP contribution in [0.2, 0.25) is 0 Å². The summed E-state index contributed by atoms with van der Waals surface area (Å²) in [6, 6.07) is 9.85. The van der Waals surface area contributed by atoms with E-state index in [1.165, 1.54) is 0 Å². The van der Waals surface area contributed by atoms with Gasteiger partial charge in [0.15, 0.2) is 0 Å². The van der Waals surface area contributed by atoms with E-state index in [1.54, 1.807) is 0 Å². The van der Waals surface area contributed by atoms with Gasteiger partial charge < -0.3 is 10.1 Å². The number of benzene rings is 1. The first-order valence-electron chi connectivity index (χ1n) is 7.18. The van der Waals surface area contributed by atoms with Crippen molar-refractivity contribution in [2.45, 2.75) is 44.2 Å². The fourth-order valence-corrected chi connectivity index (χ4v) is 2.74. The van der Waals surface area contributed by atoms with E-state index in [4.69, 9.17) is 16.3 Å². The molecule has 1 aliphatic rings. The number of ether oxygens (including phenoxy) is 1. The van der Waals surface area contributed by atoms with Crippen molar-refractivity contribution in [2.24, 2.45) is 0 Å². The van der Waals surface area contributed by atoms with Crippen molar-refractivity contribution in [3.05, 3.63) is 35.9 Å². The summed E-state index contributed by atoms with van der Waals surface area (Å²) in [6.07, 6.45) is 3.71. The van der Waals surface area contributed by atoms with Crippen LogP contribution in [0.3, 0.4) is 0 Å². The zero-order valence-corrected chi connectivity index (χ0v) is 12.7. The van der Waals surface area contributed by atoms with Gasteiger partial charge in [-0.2, -0.15) is 0 Å². The largest absolute Gasteiger partial charge is 0.378 e. The van der Waals surface area contributed by atoms with Crippen molar-refractivity contribution >= 4 is 17.5 Å². The van der Waals surface area contributed by atoms with Crippen LogP contribution in [-0.2, 0) is 15.1 Å². The Bertz CT molecular complexity index is 431. The molecule has 3 nitrogen and oxygen atoms in total. The van der Waals surface area contributed by atoms with Crippen LogP contribution in [0.1, 0.15) is 38.2 Å². The van der Waals surface area contributed by atoms with E-state index in [9.17, 15) is 4.79 Å². The Morgan fingerprint density at radius 1 is 1.45 bits per heavy atom. The molecule has 1 fully saturated rings. The number of hydrogen-bond donors (Lipinski definition) is 1. The van der Waals surface area contributed by atoms with Gasteiger partial charge in [0, 0.05) is 18.9 Å². The Balaban J connectivity index is 1.90. The smallest absolute Gasteiger partial charge is 0.220 e. The molecule has 2 atom stereocenters. The standard InChI is InChI=1S/C16H22ClNO2/c1-16(12-17,13-6-3-2-4-7-13)18-15(19)10-9-14-8-5-11-20-14/h2-4,6-7,14H,5,8-12H2,1H3,(H,18,19). The molecule has 110 valence electrons. The second-order valence-corrected chi connectivity index (χ2v) is 5.82. The molecule has 1 heterocycles. The molecule has 0 aliphatic carbocycles. The molecule has 0 bridgehead atoms. The molecule has 2 rings (SSSR count). The minimum atomic E-state index is -0.517. The second-order valence-electron chi connectivity index (χ2n) is 5.55. The van der Waals surface area contributed by atoms with Gasteiger partial charge in [0.1, 0.15) is 0 Å². The van der Waals surface area contributed by atoms with Crippen LogP contribution in [0.25, 0.3) is 0 Å². The molecule has 1 N–H and O–H groups in total. The summed E-state index contributed by atoms with van der Waals surface area (Å²) in [5, 5.41) is 3.06. The highest BCUT2D eigenvalue weighted by Gasteiger charge is 2.27. The van der Waals surface area contributed by atoms with Crippen LogP contribution in [0.4, 0.5) is 0 Å². The van der Waals surface area contributed by atoms with Gasteiger partial charge in [-0.15, -0.1) is 11.6 Å². The zero-order valence-electron chi connectivity index (χ0n) is 11.9. The average Bonchev–Trinajstić information content (AvgIpc) is 2.99. The number of carbonyl (C=O) groups excluding carboxylic acids is 1. The predicted octanol–water partition coefficient (Wildman–Crippen LogP) is 3.22. The number of nitrogens with one attached hydrogen (secondary N) is 1. The number of halogens is 1. The average molecular weight is 296 g/mol. The summed E-state index contributed by atoms with van der Waals surface area (Å²) < 4.78 is 5.54. The lowest BCUT2D eigenvalue weighted by Crippen LogP contribution is -2.45. The van der Waals surface area contributed by atoms with E-state index in [-0.39, 0.29) is 12.0 Å². The maximum absolute atomic E-state index is 12.1.